The number of hydrogen-bond acceptors (Lipinski definition) is 3. The smallest absolute Gasteiger partial charge is 0.191 e. The summed E-state index contributed by atoms with van der Waals surface area (Å²) >= 11 is 3.59. The summed E-state index contributed by atoms with van der Waals surface area (Å²) in [7, 11) is -1.19. The van der Waals surface area contributed by atoms with Gasteiger partial charge in [0.05, 0.1) is 5.75 Å². The minimum absolute atomic E-state index is 0.0429. The van der Waals surface area contributed by atoms with Gasteiger partial charge in [0.25, 0.3) is 0 Å². The zero-order valence-electron chi connectivity index (χ0n) is 15.9. The molecule has 1 saturated carbocycles. The highest BCUT2D eigenvalue weighted by Gasteiger charge is 2.35. The van der Waals surface area contributed by atoms with Crippen molar-refractivity contribution in [1.82, 2.24) is 10.6 Å². The predicted octanol–water partition coefficient (Wildman–Crippen LogP) is 3.25. The van der Waals surface area contributed by atoms with Gasteiger partial charge in [0, 0.05) is 35.8 Å². The molecule has 1 unspecified atom stereocenters. The second-order valence-electron chi connectivity index (χ2n) is 7.39. The molecule has 0 amide bonds. The molecule has 1 fully saturated rings. The first-order chi connectivity index (χ1) is 12.2. The van der Waals surface area contributed by atoms with Crippen molar-refractivity contribution in [3.63, 3.8) is 0 Å². The van der Waals surface area contributed by atoms with Gasteiger partial charge in [-0.05, 0) is 43.9 Å². The van der Waals surface area contributed by atoms with Crippen LogP contribution in [0.2, 0.25) is 0 Å². The summed E-state index contributed by atoms with van der Waals surface area (Å²) in [5.41, 5.74) is 1.48. The van der Waals surface area contributed by atoms with Crippen LogP contribution in [0.5, 0.6) is 0 Å². The maximum absolute atomic E-state index is 11.3. The largest absolute Gasteiger partial charge is 0.356 e. The van der Waals surface area contributed by atoms with Gasteiger partial charge in [-0.25, -0.2) is 8.42 Å². The number of nitrogens with one attached hydrogen (secondary N) is 2. The van der Waals surface area contributed by atoms with Crippen LogP contribution in [0.25, 0.3) is 0 Å². The molecular formula is C19H30BrN3O2S. The summed E-state index contributed by atoms with van der Waals surface area (Å²) < 4.78 is 23.8. The Morgan fingerprint density at radius 3 is 2.62 bits per heavy atom. The number of rotatable bonds is 7. The van der Waals surface area contributed by atoms with Crippen LogP contribution in [-0.4, -0.2) is 46.0 Å². The summed E-state index contributed by atoms with van der Waals surface area (Å²) in [6.45, 7) is 2.81. The Morgan fingerprint density at radius 2 is 2.04 bits per heavy atom. The molecule has 26 heavy (non-hydrogen) atoms. The van der Waals surface area contributed by atoms with Crippen molar-refractivity contribution in [1.29, 1.82) is 0 Å². The van der Waals surface area contributed by atoms with Crippen LogP contribution in [0.3, 0.4) is 0 Å². The predicted molar refractivity (Wildman–Crippen MR) is 113 cm³/mol. The number of nitrogens with zero attached hydrogens (tertiary/aromatic N) is 1. The molecule has 0 heterocycles. The molecule has 1 atom stereocenters. The Labute approximate surface area is 166 Å². The molecule has 5 nitrogen and oxygen atoms in total. The van der Waals surface area contributed by atoms with Crippen molar-refractivity contribution in [2.75, 3.05) is 25.6 Å². The SMILES string of the molecule is CN=C(NCC1(c2cccc(Br)c2)CCCC1)NC(C)CCS(C)(=O)=O. The highest BCUT2D eigenvalue weighted by Crippen LogP contribution is 2.41. The average molecular weight is 444 g/mol. The molecule has 0 aromatic heterocycles. The summed E-state index contributed by atoms with van der Waals surface area (Å²) in [5, 5.41) is 6.78. The molecule has 0 spiro atoms. The molecule has 0 bridgehead atoms. The van der Waals surface area contributed by atoms with Gasteiger partial charge in [-0.2, -0.15) is 0 Å². The summed E-state index contributed by atoms with van der Waals surface area (Å²) in [6, 6.07) is 8.63. The first kappa shape index (κ1) is 21.2. The highest BCUT2D eigenvalue weighted by atomic mass is 79.9. The van der Waals surface area contributed by atoms with Crippen molar-refractivity contribution >= 4 is 31.7 Å². The zero-order chi connectivity index (χ0) is 19.2. The van der Waals surface area contributed by atoms with Gasteiger partial charge >= 0.3 is 0 Å². The zero-order valence-corrected chi connectivity index (χ0v) is 18.3. The maximum atomic E-state index is 11.3. The lowest BCUT2D eigenvalue weighted by molar-refractivity contribution is 0.430. The molecular weight excluding hydrogens is 414 g/mol. The Balaban J connectivity index is 1.99. The number of halogens is 1. The summed E-state index contributed by atoms with van der Waals surface area (Å²) in [6.07, 6.45) is 6.65. The molecule has 1 aliphatic carbocycles. The van der Waals surface area contributed by atoms with Crippen molar-refractivity contribution in [2.45, 2.75) is 50.5 Å². The third kappa shape index (κ3) is 6.27. The van der Waals surface area contributed by atoms with Crippen LogP contribution in [0.4, 0.5) is 0 Å². The van der Waals surface area contributed by atoms with E-state index in [2.05, 4.69) is 55.8 Å². The molecule has 146 valence electrons. The number of sulfone groups is 1. The second kappa shape index (κ2) is 9.22. The third-order valence-corrected chi connectivity index (χ3v) is 6.59. The molecule has 7 heteroatoms. The first-order valence-electron chi connectivity index (χ1n) is 9.15. The molecule has 2 rings (SSSR count). The Morgan fingerprint density at radius 1 is 1.35 bits per heavy atom. The van der Waals surface area contributed by atoms with Crippen molar-refractivity contribution < 1.29 is 8.42 Å². The minimum Gasteiger partial charge on any atom is -0.356 e. The molecule has 0 aliphatic heterocycles. The fraction of sp³-hybridized carbons (Fsp3) is 0.632. The molecule has 1 aromatic carbocycles. The molecule has 1 aromatic rings. The molecule has 0 saturated heterocycles. The van der Waals surface area contributed by atoms with Crippen LogP contribution < -0.4 is 10.6 Å². The van der Waals surface area contributed by atoms with Gasteiger partial charge in [-0.3, -0.25) is 4.99 Å². The van der Waals surface area contributed by atoms with Crippen LogP contribution in [0.15, 0.2) is 33.7 Å². The lowest BCUT2D eigenvalue weighted by Gasteiger charge is -2.31. The standard InChI is InChI=1S/C19H30BrN3O2S/c1-15(9-12-26(3,24)25)23-18(21-2)22-14-19(10-4-5-11-19)16-7-6-8-17(20)13-16/h6-8,13,15H,4-5,9-12,14H2,1-3H3,(H2,21,22,23). The number of guanidine groups is 1. The number of aliphatic imine (C=N–C) groups is 1. The van der Waals surface area contributed by atoms with Gasteiger partial charge in [0.1, 0.15) is 9.84 Å². The van der Waals surface area contributed by atoms with Crippen molar-refractivity contribution in [3.8, 4) is 0 Å². The molecule has 0 radical (unpaired) electrons. The van der Waals surface area contributed by atoms with E-state index < -0.39 is 9.84 Å². The van der Waals surface area contributed by atoms with E-state index in [-0.39, 0.29) is 17.2 Å². The Hall–Kier alpha value is -1.08. The van der Waals surface area contributed by atoms with E-state index in [0.717, 1.165) is 29.8 Å². The van der Waals surface area contributed by atoms with E-state index in [0.29, 0.717) is 6.42 Å². The second-order valence-corrected chi connectivity index (χ2v) is 10.6. The third-order valence-electron chi connectivity index (χ3n) is 5.12. The van der Waals surface area contributed by atoms with Crippen LogP contribution in [-0.2, 0) is 15.3 Å². The maximum Gasteiger partial charge on any atom is 0.191 e. The highest BCUT2D eigenvalue weighted by molar-refractivity contribution is 9.10. The number of hydrogen-bond donors (Lipinski definition) is 2. The number of benzene rings is 1. The van der Waals surface area contributed by atoms with E-state index in [9.17, 15) is 8.42 Å². The normalized spacial score (nSPS) is 18.5. The topological polar surface area (TPSA) is 70.6 Å². The van der Waals surface area contributed by atoms with Gasteiger partial charge in [0.15, 0.2) is 5.96 Å². The van der Waals surface area contributed by atoms with E-state index in [1.165, 1.54) is 24.7 Å². The van der Waals surface area contributed by atoms with Crippen LogP contribution in [0.1, 0.15) is 44.6 Å². The lowest BCUT2D eigenvalue weighted by atomic mass is 9.79. The fourth-order valence-electron chi connectivity index (χ4n) is 3.58. The summed E-state index contributed by atoms with van der Waals surface area (Å²) in [5.74, 6) is 0.910. The summed E-state index contributed by atoms with van der Waals surface area (Å²) in [4.78, 5) is 4.31. The Bertz CT molecular complexity index is 728. The Kier molecular flexibility index (Phi) is 7.52. The van der Waals surface area contributed by atoms with E-state index in [4.69, 9.17) is 0 Å². The van der Waals surface area contributed by atoms with Crippen LogP contribution in [0, 0.1) is 0 Å². The monoisotopic (exact) mass is 443 g/mol. The van der Waals surface area contributed by atoms with Gasteiger partial charge in [0.2, 0.25) is 0 Å². The first-order valence-corrected chi connectivity index (χ1v) is 12.0. The molecule has 1 aliphatic rings. The fourth-order valence-corrected chi connectivity index (χ4v) is 4.76. The van der Waals surface area contributed by atoms with Crippen molar-refractivity contribution in [3.05, 3.63) is 34.3 Å². The van der Waals surface area contributed by atoms with E-state index in [1.807, 2.05) is 6.92 Å². The van der Waals surface area contributed by atoms with Crippen molar-refractivity contribution in [2.24, 2.45) is 4.99 Å². The quantitative estimate of drug-likeness (QED) is 0.501. The van der Waals surface area contributed by atoms with Gasteiger partial charge in [-0.15, -0.1) is 0 Å². The average Bonchev–Trinajstić information content (AvgIpc) is 3.06. The molecule has 2 N–H and O–H groups in total. The minimum atomic E-state index is -2.94. The van der Waals surface area contributed by atoms with Gasteiger partial charge < -0.3 is 10.6 Å². The lowest BCUT2D eigenvalue weighted by Crippen LogP contribution is -2.47. The van der Waals surface area contributed by atoms with Crippen LogP contribution >= 0.6 is 15.9 Å². The van der Waals surface area contributed by atoms with Gasteiger partial charge in [-0.1, -0.05) is 40.9 Å². The van der Waals surface area contributed by atoms with E-state index >= 15 is 0 Å². The van der Waals surface area contributed by atoms with E-state index in [1.54, 1.807) is 7.05 Å².